The fourth-order valence-corrected chi connectivity index (χ4v) is 5.49. The number of carboxylic acids is 1. The molecular weight excluding hydrogens is 436 g/mol. The van der Waals surface area contributed by atoms with Gasteiger partial charge in [0, 0.05) is 22.5 Å². The maximum Gasteiger partial charge on any atom is 0.339 e. The van der Waals surface area contributed by atoms with Gasteiger partial charge in [0.05, 0.1) is 12.1 Å². The molecule has 5 rings (SSSR count). The molecule has 3 aromatic carbocycles. The second kappa shape index (κ2) is 8.52. The van der Waals surface area contributed by atoms with Crippen LogP contribution in [0.25, 0.3) is 10.8 Å². The largest absolute Gasteiger partial charge is 0.478 e. The number of aromatic carboxylic acids is 1. The van der Waals surface area contributed by atoms with E-state index in [4.69, 9.17) is 0 Å². The molecule has 0 spiro atoms. The standard InChI is InChI=1S/C26H20N2O4S/c29-23(17-8-2-1-3-9-17)27-24-22(26(31)32)20-13-14-28(15-21(20)33-24)25(30)19-12-6-10-16-7-4-5-11-18(16)19/h1-12H,13-15H2,(H,27,29)(H,31,32). The molecular formula is C26H20N2O4S. The first-order chi connectivity index (χ1) is 16.0. The molecule has 2 amide bonds. The number of rotatable bonds is 4. The molecule has 0 saturated heterocycles. The third-order valence-corrected chi connectivity index (χ3v) is 6.97. The Morgan fingerprint density at radius 3 is 2.42 bits per heavy atom. The molecule has 6 nitrogen and oxygen atoms in total. The first-order valence-corrected chi connectivity index (χ1v) is 11.4. The molecule has 33 heavy (non-hydrogen) atoms. The van der Waals surface area contributed by atoms with E-state index in [2.05, 4.69) is 5.32 Å². The van der Waals surface area contributed by atoms with E-state index >= 15 is 0 Å². The second-order valence-corrected chi connectivity index (χ2v) is 8.94. The number of anilines is 1. The topological polar surface area (TPSA) is 86.7 Å². The number of hydrogen-bond donors (Lipinski definition) is 2. The van der Waals surface area contributed by atoms with Gasteiger partial charge in [0.1, 0.15) is 5.00 Å². The number of nitrogens with zero attached hydrogens (tertiary/aromatic N) is 1. The predicted octanol–water partition coefficient (Wildman–Crippen LogP) is 5.05. The molecule has 2 heterocycles. The summed E-state index contributed by atoms with van der Waals surface area (Å²) in [5.74, 6) is -1.53. The van der Waals surface area contributed by atoms with Crippen molar-refractivity contribution in [2.24, 2.45) is 0 Å². The summed E-state index contributed by atoms with van der Waals surface area (Å²) in [6.45, 7) is 0.724. The Morgan fingerprint density at radius 1 is 0.909 bits per heavy atom. The monoisotopic (exact) mass is 456 g/mol. The normalized spacial score (nSPS) is 12.9. The Bertz CT molecular complexity index is 1390. The van der Waals surface area contributed by atoms with Crippen LogP contribution in [0.2, 0.25) is 0 Å². The van der Waals surface area contributed by atoms with Gasteiger partial charge in [0.2, 0.25) is 0 Å². The van der Waals surface area contributed by atoms with Gasteiger partial charge >= 0.3 is 5.97 Å². The van der Waals surface area contributed by atoms with Crippen molar-refractivity contribution in [3.05, 3.63) is 99.9 Å². The Labute approximate surface area is 194 Å². The lowest BCUT2D eigenvalue weighted by Gasteiger charge is -2.27. The van der Waals surface area contributed by atoms with Gasteiger partial charge in [-0.3, -0.25) is 9.59 Å². The molecule has 164 valence electrons. The molecule has 0 unspecified atom stereocenters. The van der Waals surface area contributed by atoms with E-state index in [9.17, 15) is 19.5 Å². The second-order valence-electron chi connectivity index (χ2n) is 7.84. The molecule has 1 aromatic heterocycles. The molecule has 0 bridgehead atoms. The third kappa shape index (κ3) is 3.87. The summed E-state index contributed by atoms with van der Waals surface area (Å²) in [7, 11) is 0. The van der Waals surface area contributed by atoms with Crippen LogP contribution in [0.15, 0.2) is 72.8 Å². The van der Waals surface area contributed by atoms with Crippen LogP contribution < -0.4 is 5.32 Å². The van der Waals surface area contributed by atoms with E-state index in [1.165, 1.54) is 11.3 Å². The van der Waals surface area contributed by atoms with Crippen LogP contribution in [-0.2, 0) is 13.0 Å². The summed E-state index contributed by atoms with van der Waals surface area (Å²) in [6, 6.07) is 22.1. The lowest BCUT2D eigenvalue weighted by atomic mass is 10.00. The van der Waals surface area contributed by atoms with Crippen molar-refractivity contribution in [2.45, 2.75) is 13.0 Å². The lowest BCUT2D eigenvalue weighted by molar-refractivity contribution is 0.0696. The predicted molar refractivity (Wildman–Crippen MR) is 128 cm³/mol. The fourth-order valence-electron chi connectivity index (χ4n) is 4.24. The number of thiophene rings is 1. The summed E-state index contributed by atoms with van der Waals surface area (Å²) in [4.78, 5) is 40.5. The van der Waals surface area contributed by atoms with E-state index in [0.717, 1.165) is 15.6 Å². The Morgan fingerprint density at radius 2 is 1.64 bits per heavy atom. The first kappa shape index (κ1) is 20.9. The maximum atomic E-state index is 13.4. The molecule has 0 atom stereocenters. The number of carboxylic acid groups (broad SMARTS) is 1. The zero-order chi connectivity index (χ0) is 22.9. The minimum atomic E-state index is -1.08. The third-order valence-electron chi connectivity index (χ3n) is 5.84. The van der Waals surface area contributed by atoms with Crippen LogP contribution in [0.5, 0.6) is 0 Å². The van der Waals surface area contributed by atoms with Gasteiger partial charge in [-0.1, -0.05) is 54.6 Å². The maximum absolute atomic E-state index is 13.4. The van der Waals surface area contributed by atoms with Crippen LogP contribution in [0.1, 0.15) is 41.5 Å². The Hall–Kier alpha value is -3.97. The summed E-state index contributed by atoms with van der Waals surface area (Å²) in [6.07, 6.45) is 0.422. The van der Waals surface area contributed by atoms with Gasteiger partial charge in [-0.2, -0.15) is 0 Å². The number of carbonyl (C=O) groups excluding carboxylic acids is 2. The zero-order valence-electron chi connectivity index (χ0n) is 17.6. The van der Waals surface area contributed by atoms with Crippen molar-refractivity contribution in [2.75, 3.05) is 11.9 Å². The van der Waals surface area contributed by atoms with Crippen LogP contribution in [-0.4, -0.2) is 34.3 Å². The summed E-state index contributed by atoms with van der Waals surface area (Å²) in [5, 5.41) is 14.8. The average molecular weight is 457 g/mol. The zero-order valence-corrected chi connectivity index (χ0v) is 18.4. The molecule has 7 heteroatoms. The van der Waals surface area contributed by atoms with E-state index in [-0.39, 0.29) is 17.4 Å². The fraction of sp³-hybridized carbons (Fsp3) is 0.115. The van der Waals surface area contributed by atoms with Gasteiger partial charge in [0.25, 0.3) is 11.8 Å². The summed E-state index contributed by atoms with van der Waals surface area (Å²) < 4.78 is 0. The number of hydrogen-bond acceptors (Lipinski definition) is 4. The first-order valence-electron chi connectivity index (χ1n) is 10.5. The van der Waals surface area contributed by atoms with Crippen LogP contribution in [0.3, 0.4) is 0 Å². The number of benzene rings is 3. The van der Waals surface area contributed by atoms with Crippen LogP contribution in [0.4, 0.5) is 5.00 Å². The minimum Gasteiger partial charge on any atom is -0.478 e. The van der Waals surface area contributed by atoms with Gasteiger partial charge < -0.3 is 15.3 Å². The van der Waals surface area contributed by atoms with Crippen molar-refractivity contribution >= 4 is 44.9 Å². The molecule has 1 aliphatic rings. The average Bonchev–Trinajstić information content (AvgIpc) is 3.21. The highest BCUT2D eigenvalue weighted by atomic mass is 32.1. The van der Waals surface area contributed by atoms with E-state index < -0.39 is 5.97 Å². The van der Waals surface area contributed by atoms with Crippen molar-refractivity contribution < 1.29 is 19.5 Å². The molecule has 1 aliphatic heterocycles. The number of fused-ring (bicyclic) bond motifs is 2. The molecule has 0 saturated carbocycles. The molecule has 0 fully saturated rings. The molecule has 0 aliphatic carbocycles. The van der Waals surface area contributed by atoms with Crippen molar-refractivity contribution in [1.29, 1.82) is 0 Å². The van der Waals surface area contributed by atoms with Crippen molar-refractivity contribution in [3.63, 3.8) is 0 Å². The summed E-state index contributed by atoms with van der Waals surface area (Å²) in [5.41, 5.74) is 1.89. The van der Waals surface area contributed by atoms with Gasteiger partial charge in [-0.05, 0) is 41.0 Å². The SMILES string of the molecule is O=C(Nc1sc2c(c1C(=O)O)CCN(C(=O)c1cccc3ccccc13)C2)c1ccccc1. The molecule has 4 aromatic rings. The van der Waals surface area contributed by atoms with Crippen molar-refractivity contribution in [3.8, 4) is 0 Å². The van der Waals surface area contributed by atoms with Gasteiger partial charge in [-0.15, -0.1) is 11.3 Å². The van der Waals surface area contributed by atoms with Crippen molar-refractivity contribution in [1.82, 2.24) is 4.90 Å². The lowest BCUT2D eigenvalue weighted by Crippen LogP contribution is -2.35. The summed E-state index contributed by atoms with van der Waals surface area (Å²) >= 11 is 1.23. The highest BCUT2D eigenvalue weighted by Crippen LogP contribution is 2.38. The Kier molecular flexibility index (Phi) is 5.40. The highest BCUT2D eigenvalue weighted by Gasteiger charge is 2.31. The number of carbonyl (C=O) groups is 3. The minimum absolute atomic E-state index is 0.0856. The number of nitrogens with one attached hydrogen (secondary N) is 1. The van der Waals surface area contributed by atoms with E-state index in [1.807, 2.05) is 48.5 Å². The Balaban J connectivity index is 1.44. The quantitative estimate of drug-likeness (QED) is 0.450. The van der Waals surface area contributed by atoms with E-state index in [0.29, 0.717) is 41.2 Å². The van der Waals surface area contributed by atoms with E-state index in [1.54, 1.807) is 29.2 Å². The van der Waals surface area contributed by atoms with Gasteiger partial charge in [-0.25, -0.2) is 4.79 Å². The highest BCUT2D eigenvalue weighted by molar-refractivity contribution is 7.17. The molecule has 2 N–H and O–H groups in total. The smallest absolute Gasteiger partial charge is 0.339 e. The van der Waals surface area contributed by atoms with Crippen LogP contribution in [0, 0.1) is 0 Å². The molecule has 0 radical (unpaired) electrons. The number of amides is 2. The van der Waals surface area contributed by atoms with Gasteiger partial charge in [0.15, 0.2) is 0 Å². The van der Waals surface area contributed by atoms with Crippen LogP contribution >= 0.6 is 11.3 Å².